The number of rotatable bonds is 7. The van der Waals surface area contributed by atoms with Crippen LogP contribution in [0, 0.1) is 0 Å². The molecule has 0 unspecified atom stereocenters. The Morgan fingerprint density at radius 2 is 1.74 bits per heavy atom. The minimum atomic E-state index is -0.272. The van der Waals surface area contributed by atoms with Crippen molar-refractivity contribution in [2.75, 3.05) is 27.2 Å². The van der Waals surface area contributed by atoms with Gasteiger partial charge in [-0.1, -0.05) is 30.3 Å². The van der Waals surface area contributed by atoms with Crippen molar-refractivity contribution in [1.82, 2.24) is 20.9 Å². The number of hydrogen-bond acceptors (Lipinski definition) is 3. The van der Waals surface area contributed by atoms with E-state index >= 15 is 0 Å². The maximum Gasteiger partial charge on any atom is 0.239 e. The van der Waals surface area contributed by atoms with E-state index in [1.807, 2.05) is 51.1 Å². The van der Waals surface area contributed by atoms with E-state index in [1.165, 1.54) is 0 Å². The molecule has 2 amide bonds. The maximum atomic E-state index is 12.2. The zero-order valence-corrected chi connectivity index (χ0v) is 19.2. The van der Waals surface area contributed by atoms with Crippen molar-refractivity contribution in [1.29, 1.82) is 0 Å². The predicted molar refractivity (Wildman–Crippen MR) is 120 cm³/mol. The van der Waals surface area contributed by atoms with Gasteiger partial charge >= 0.3 is 0 Å². The largest absolute Gasteiger partial charge is 0.356 e. The Labute approximate surface area is 179 Å². The van der Waals surface area contributed by atoms with Crippen LogP contribution >= 0.6 is 24.0 Å². The standard InChI is InChI=1S/C19H31N5O2.HI/c1-19(2,3)23-16(25)13-22-18(20-4)21-12-11-17(26)24(5)14-15-9-7-6-8-10-15;/h6-10H,11-14H2,1-5H3,(H,23,25)(H2,20,21,22);1H. The summed E-state index contributed by atoms with van der Waals surface area (Å²) in [5.74, 6) is 0.425. The van der Waals surface area contributed by atoms with Crippen LogP contribution in [0.5, 0.6) is 0 Å². The van der Waals surface area contributed by atoms with Gasteiger partial charge in [-0.3, -0.25) is 14.6 Å². The number of carbonyl (C=O) groups is 2. The van der Waals surface area contributed by atoms with Crippen molar-refractivity contribution in [3.63, 3.8) is 0 Å². The van der Waals surface area contributed by atoms with Crippen LogP contribution in [0.4, 0.5) is 0 Å². The Morgan fingerprint density at radius 3 is 2.30 bits per heavy atom. The minimum absolute atomic E-state index is 0. The van der Waals surface area contributed by atoms with E-state index in [0.717, 1.165) is 5.56 Å². The van der Waals surface area contributed by atoms with E-state index in [9.17, 15) is 9.59 Å². The first-order valence-electron chi connectivity index (χ1n) is 8.74. The molecule has 0 aliphatic heterocycles. The summed E-state index contributed by atoms with van der Waals surface area (Å²) in [5, 5.41) is 8.85. The second-order valence-corrected chi connectivity index (χ2v) is 7.14. The molecule has 8 heteroatoms. The smallest absolute Gasteiger partial charge is 0.239 e. The summed E-state index contributed by atoms with van der Waals surface area (Å²) in [4.78, 5) is 29.8. The lowest BCUT2D eigenvalue weighted by atomic mass is 10.1. The average molecular weight is 489 g/mol. The fourth-order valence-corrected chi connectivity index (χ4v) is 2.27. The van der Waals surface area contributed by atoms with Gasteiger partial charge < -0.3 is 20.9 Å². The summed E-state index contributed by atoms with van der Waals surface area (Å²) in [6.45, 7) is 6.93. The average Bonchev–Trinajstić information content (AvgIpc) is 2.57. The summed E-state index contributed by atoms with van der Waals surface area (Å²) >= 11 is 0. The molecule has 0 spiro atoms. The quantitative estimate of drug-likeness (QED) is 0.310. The predicted octanol–water partition coefficient (Wildman–Crippen LogP) is 1.73. The van der Waals surface area contributed by atoms with Crippen LogP contribution < -0.4 is 16.0 Å². The third-order valence-electron chi connectivity index (χ3n) is 3.47. The van der Waals surface area contributed by atoms with Crippen molar-refractivity contribution in [3.8, 4) is 0 Å². The second-order valence-electron chi connectivity index (χ2n) is 7.14. The Balaban J connectivity index is 0.00000676. The highest BCUT2D eigenvalue weighted by molar-refractivity contribution is 14.0. The van der Waals surface area contributed by atoms with Crippen molar-refractivity contribution in [2.24, 2.45) is 4.99 Å². The Bertz CT molecular complexity index is 614. The first-order valence-corrected chi connectivity index (χ1v) is 8.74. The maximum absolute atomic E-state index is 12.2. The fraction of sp³-hybridized carbons (Fsp3) is 0.526. The van der Waals surface area contributed by atoms with Gasteiger partial charge in [-0.25, -0.2) is 0 Å². The highest BCUT2D eigenvalue weighted by atomic mass is 127. The number of benzene rings is 1. The van der Waals surface area contributed by atoms with E-state index in [2.05, 4.69) is 20.9 Å². The second kappa shape index (κ2) is 12.5. The van der Waals surface area contributed by atoms with Crippen LogP contribution in [0.25, 0.3) is 0 Å². The Hall–Kier alpha value is -1.84. The fourth-order valence-electron chi connectivity index (χ4n) is 2.27. The number of aliphatic imine (C=N–C) groups is 1. The molecule has 0 fully saturated rings. The number of halogens is 1. The van der Waals surface area contributed by atoms with Crippen molar-refractivity contribution >= 4 is 41.8 Å². The molecule has 7 nitrogen and oxygen atoms in total. The molecule has 0 bridgehead atoms. The zero-order chi connectivity index (χ0) is 19.6. The summed E-state index contributed by atoms with van der Waals surface area (Å²) in [6.07, 6.45) is 0.345. The first kappa shape index (κ1) is 25.2. The van der Waals surface area contributed by atoms with Gasteiger partial charge in [0.05, 0.1) is 6.54 Å². The number of hydrogen-bond donors (Lipinski definition) is 3. The summed E-state index contributed by atoms with van der Waals surface area (Å²) in [6, 6.07) is 9.86. The van der Waals surface area contributed by atoms with E-state index in [0.29, 0.717) is 25.5 Å². The molecular formula is C19H32IN5O2. The molecule has 0 aromatic heterocycles. The molecule has 0 saturated carbocycles. The van der Waals surface area contributed by atoms with Crippen LogP contribution in [0.1, 0.15) is 32.8 Å². The molecule has 0 atom stereocenters. The van der Waals surface area contributed by atoms with E-state index in [-0.39, 0.29) is 47.9 Å². The topological polar surface area (TPSA) is 85.8 Å². The van der Waals surface area contributed by atoms with Gasteiger partial charge in [-0.15, -0.1) is 24.0 Å². The molecular weight excluding hydrogens is 457 g/mol. The molecule has 1 rings (SSSR count). The van der Waals surface area contributed by atoms with Crippen LogP contribution in [0.2, 0.25) is 0 Å². The highest BCUT2D eigenvalue weighted by Gasteiger charge is 2.14. The van der Waals surface area contributed by atoms with Gasteiger partial charge in [0.1, 0.15) is 0 Å². The minimum Gasteiger partial charge on any atom is -0.356 e. The van der Waals surface area contributed by atoms with Gasteiger partial charge in [-0.05, 0) is 26.3 Å². The molecule has 0 heterocycles. The lowest BCUT2D eigenvalue weighted by Gasteiger charge is -2.21. The Kier molecular flexibility index (Phi) is 11.7. The third-order valence-corrected chi connectivity index (χ3v) is 3.47. The van der Waals surface area contributed by atoms with Crippen molar-refractivity contribution in [3.05, 3.63) is 35.9 Å². The number of carbonyl (C=O) groups excluding carboxylic acids is 2. The van der Waals surface area contributed by atoms with Crippen LogP contribution in [-0.4, -0.2) is 55.4 Å². The van der Waals surface area contributed by atoms with Gasteiger partial charge in [0.2, 0.25) is 11.8 Å². The highest BCUT2D eigenvalue weighted by Crippen LogP contribution is 2.03. The SMILES string of the molecule is CN=C(NCCC(=O)N(C)Cc1ccccc1)NCC(=O)NC(C)(C)C.I. The summed E-state index contributed by atoms with van der Waals surface area (Å²) in [7, 11) is 3.42. The first-order chi connectivity index (χ1) is 12.2. The molecule has 0 radical (unpaired) electrons. The third kappa shape index (κ3) is 11.5. The van der Waals surface area contributed by atoms with E-state index in [1.54, 1.807) is 19.0 Å². The van der Waals surface area contributed by atoms with Crippen LogP contribution in [0.15, 0.2) is 35.3 Å². The van der Waals surface area contributed by atoms with Gasteiger partial charge in [0.25, 0.3) is 0 Å². The van der Waals surface area contributed by atoms with Gasteiger partial charge in [-0.2, -0.15) is 0 Å². The molecule has 0 saturated heterocycles. The molecule has 1 aromatic carbocycles. The molecule has 152 valence electrons. The molecule has 27 heavy (non-hydrogen) atoms. The molecule has 3 N–H and O–H groups in total. The number of nitrogens with zero attached hydrogens (tertiary/aromatic N) is 2. The Morgan fingerprint density at radius 1 is 1.11 bits per heavy atom. The lowest BCUT2D eigenvalue weighted by Crippen LogP contribution is -2.48. The number of amides is 2. The van der Waals surface area contributed by atoms with Crippen LogP contribution in [0.3, 0.4) is 0 Å². The monoisotopic (exact) mass is 489 g/mol. The summed E-state index contributed by atoms with van der Waals surface area (Å²) in [5.41, 5.74) is 0.824. The molecule has 1 aromatic rings. The van der Waals surface area contributed by atoms with E-state index < -0.39 is 0 Å². The van der Waals surface area contributed by atoms with Crippen molar-refractivity contribution in [2.45, 2.75) is 39.3 Å². The van der Waals surface area contributed by atoms with E-state index in [4.69, 9.17) is 0 Å². The number of guanidine groups is 1. The number of nitrogens with one attached hydrogen (secondary N) is 3. The lowest BCUT2D eigenvalue weighted by molar-refractivity contribution is -0.130. The summed E-state index contributed by atoms with van der Waals surface area (Å²) < 4.78 is 0. The normalized spacial score (nSPS) is 11.2. The molecule has 0 aliphatic carbocycles. The van der Waals surface area contributed by atoms with Crippen molar-refractivity contribution < 1.29 is 9.59 Å². The van der Waals surface area contributed by atoms with Gasteiger partial charge in [0, 0.05) is 39.1 Å². The molecule has 0 aliphatic rings. The van der Waals surface area contributed by atoms with Gasteiger partial charge in [0.15, 0.2) is 5.96 Å². The zero-order valence-electron chi connectivity index (χ0n) is 16.8. The van der Waals surface area contributed by atoms with Crippen LogP contribution in [-0.2, 0) is 16.1 Å².